The second-order valence-electron chi connectivity index (χ2n) is 5.92. The lowest BCUT2D eigenvalue weighted by Gasteiger charge is -2.20. The van der Waals surface area contributed by atoms with Gasteiger partial charge in [0.15, 0.2) is 6.04 Å². The Labute approximate surface area is 140 Å². The van der Waals surface area contributed by atoms with Gasteiger partial charge in [-0.25, -0.2) is 4.90 Å². The number of hydrogen-bond donors (Lipinski definition) is 0. The van der Waals surface area contributed by atoms with Gasteiger partial charge < -0.3 is 0 Å². The standard InChI is InChI=1S/C19H19N2OS/c22-18(16-9-5-2-6-10-16)14-21-17(15-7-3-1-4-8-15)13-20-11-12-23-19(20)21/h1-10,17H,11-14H2/q+1. The van der Waals surface area contributed by atoms with Gasteiger partial charge in [-0.05, 0) is 11.8 Å². The first-order valence-corrected chi connectivity index (χ1v) is 8.96. The third-order valence-electron chi connectivity index (χ3n) is 4.47. The molecule has 0 saturated carbocycles. The van der Waals surface area contributed by atoms with Gasteiger partial charge in [-0.2, -0.15) is 0 Å². The van der Waals surface area contributed by atoms with Crippen LogP contribution in [0.5, 0.6) is 0 Å². The summed E-state index contributed by atoms with van der Waals surface area (Å²) >= 11 is 1.87. The zero-order valence-corrected chi connectivity index (χ0v) is 13.7. The van der Waals surface area contributed by atoms with E-state index in [4.69, 9.17) is 0 Å². The number of Topliss-reactive ketones (excluding diaryl/α,β-unsaturated/α-hetero) is 1. The highest BCUT2D eigenvalue weighted by molar-refractivity contribution is 8.13. The van der Waals surface area contributed by atoms with E-state index in [9.17, 15) is 4.79 Å². The summed E-state index contributed by atoms with van der Waals surface area (Å²) in [6.45, 7) is 2.51. The van der Waals surface area contributed by atoms with Crippen LogP contribution in [0.2, 0.25) is 0 Å². The Morgan fingerprint density at radius 2 is 1.78 bits per heavy atom. The minimum atomic E-state index is 0.188. The Hall–Kier alpha value is -2.07. The number of thioether (sulfide) groups is 1. The molecule has 0 saturated heterocycles. The summed E-state index contributed by atoms with van der Waals surface area (Å²) < 4.78 is 2.42. The topological polar surface area (TPSA) is 23.3 Å². The average Bonchev–Trinajstić information content (AvgIpc) is 3.19. The summed E-state index contributed by atoms with van der Waals surface area (Å²) in [7, 11) is 0. The molecule has 2 aromatic rings. The Morgan fingerprint density at radius 1 is 1.09 bits per heavy atom. The van der Waals surface area contributed by atoms with Crippen LogP contribution >= 0.6 is 11.8 Å². The molecule has 23 heavy (non-hydrogen) atoms. The third kappa shape index (κ3) is 2.79. The van der Waals surface area contributed by atoms with Crippen molar-refractivity contribution in [1.82, 2.24) is 4.90 Å². The molecular weight excluding hydrogens is 304 g/mol. The molecule has 2 aliphatic heterocycles. The highest BCUT2D eigenvalue weighted by atomic mass is 32.2. The molecule has 0 aromatic heterocycles. The van der Waals surface area contributed by atoms with Crippen LogP contribution in [0.15, 0.2) is 60.7 Å². The predicted octanol–water partition coefficient (Wildman–Crippen LogP) is 3.04. The SMILES string of the molecule is O=C(CN1C2=[N+](CCS2)CC1c1ccccc1)c1ccccc1. The molecule has 0 amide bonds. The van der Waals surface area contributed by atoms with Gasteiger partial charge in [0.2, 0.25) is 5.78 Å². The van der Waals surface area contributed by atoms with Gasteiger partial charge in [0, 0.05) is 16.9 Å². The first kappa shape index (κ1) is 14.5. The van der Waals surface area contributed by atoms with Crippen LogP contribution in [0.1, 0.15) is 22.0 Å². The molecule has 0 N–H and O–H groups in total. The van der Waals surface area contributed by atoms with Gasteiger partial charge >= 0.3 is 5.17 Å². The smallest absolute Gasteiger partial charge is 0.290 e. The number of amidine groups is 1. The van der Waals surface area contributed by atoms with Gasteiger partial charge in [0.25, 0.3) is 0 Å². The maximum absolute atomic E-state index is 12.7. The highest BCUT2D eigenvalue weighted by Gasteiger charge is 2.44. The number of ketones is 1. The lowest BCUT2D eigenvalue weighted by molar-refractivity contribution is -0.511. The highest BCUT2D eigenvalue weighted by Crippen LogP contribution is 2.33. The van der Waals surface area contributed by atoms with E-state index in [-0.39, 0.29) is 11.8 Å². The Balaban J connectivity index is 1.61. The molecule has 3 nitrogen and oxygen atoms in total. The van der Waals surface area contributed by atoms with Crippen LogP contribution in [0.3, 0.4) is 0 Å². The van der Waals surface area contributed by atoms with Crippen molar-refractivity contribution in [3.05, 3.63) is 71.8 Å². The monoisotopic (exact) mass is 323 g/mol. The fourth-order valence-corrected chi connectivity index (χ4v) is 4.52. The van der Waals surface area contributed by atoms with E-state index in [0.29, 0.717) is 6.54 Å². The molecule has 1 unspecified atom stereocenters. The Morgan fingerprint density at radius 3 is 2.52 bits per heavy atom. The number of hydrogen-bond acceptors (Lipinski definition) is 3. The maximum atomic E-state index is 12.7. The molecule has 4 heteroatoms. The molecular formula is C19H19N2OS+. The van der Waals surface area contributed by atoms with Crippen molar-refractivity contribution in [3.63, 3.8) is 0 Å². The third-order valence-corrected chi connectivity index (χ3v) is 5.61. The fraction of sp³-hybridized carbons (Fsp3) is 0.263. The first-order chi connectivity index (χ1) is 11.3. The number of carbonyl (C=O) groups is 1. The maximum Gasteiger partial charge on any atom is 0.309 e. The lowest BCUT2D eigenvalue weighted by atomic mass is 10.1. The molecule has 116 valence electrons. The quantitative estimate of drug-likeness (QED) is 0.638. The van der Waals surface area contributed by atoms with Crippen LogP contribution in [0.4, 0.5) is 0 Å². The van der Waals surface area contributed by atoms with Crippen molar-refractivity contribution in [2.24, 2.45) is 0 Å². The number of carbonyl (C=O) groups excluding carboxylic acids is 1. The van der Waals surface area contributed by atoms with Crippen molar-refractivity contribution in [2.45, 2.75) is 6.04 Å². The summed E-state index contributed by atoms with van der Waals surface area (Å²) in [5.41, 5.74) is 2.08. The van der Waals surface area contributed by atoms with Crippen LogP contribution in [0, 0.1) is 0 Å². The molecule has 0 bridgehead atoms. The van der Waals surface area contributed by atoms with Gasteiger partial charge in [-0.15, -0.1) is 0 Å². The van der Waals surface area contributed by atoms with Crippen molar-refractivity contribution in [1.29, 1.82) is 0 Å². The molecule has 1 atom stereocenters. The fourth-order valence-electron chi connectivity index (χ4n) is 3.32. The van der Waals surface area contributed by atoms with Gasteiger partial charge in [0.05, 0.1) is 6.54 Å². The van der Waals surface area contributed by atoms with E-state index in [1.54, 1.807) is 0 Å². The first-order valence-electron chi connectivity index (χ1n) is 7.97. The van der Waals surface area contributed by atoms with E-state index in [0.717, 1.165) is 24.4 Å². The molecule has 4 rings (SSSR count). The van der Waals surface area contributed by atoms with Crippen molar-refractivity contribution in [2.75, 3.05) is 25.4 Å². The average molecular weight is 323 g/mol. The molecule has 2 aliphatic rings. The van der Waals surface area contributed by atoms with Gasteiger partial charge in [-0.1, -0.05) is 60.7 Å². The summed E-state index contributed by atoms with van der Waals surface area (Å²) in [5.74, 6) is 1.31. The Bertz CT molecular complexity index is 742. The van der Waals surface area contributed by atoms with Crippen molar-refractivity contribution < 1.29 is 9.37 Å². The number of benzene rings is 2. The van der Waals surface area contributed by atoms with Crippen LogP contribution in [-0.4, -0.2) is 45.8 Å². The van der Waals surface area contributed by atoms with E-state index < -0.39 is 0 Å². The normalized spacial score (nSPS) is 20.0. The van der Waals surface area contributed by atoms with Crippen LogP contribution < -0.4 is 0 Å². The number of nitrogens with zero attached hydrogens (tertiary/aromatic N) is 2. The van der Waals surface area contributed by atoms with E-state index in [1.807, 2.05) is 48.2 Å². The number of rotatable bonds is 4. The molecule has 0 aliphatic carbocycles. The second kappa shape index (κ2) is 6.20. The van der Waals surface area contributed by atoms with E-state index >= 15 is 0 Å². The molecule has 2 aromatic carbocycles. The summed E-state index contributed by atoms with van der Waals surface area (Å²) in [6.07, 6.45) is 0. The minimum Gasteiger partial charge on any atom is -0.290 e. The van der Waals surface area contributed by atoms with E-state index in [2.05, 4.69) is 33.7 Å². The minimum absolute atomic E-state index is 0.188. The van der Waals surface area contributed by atoms with Crippen molar-refractivity contribution >= 4 is 22.7 Å². The van der Waals surface area contributed by atoms with Crippen LogP contribution in [-0.2, 0) is 0 Å². The zero-order valence-electron chi connectivity index (χ0n) is 12.9. The van der Waals surface area contributed by atoms with Crippen LogP contribution in [0.25, 0.3) is 0 Å². The zero-order chi connectivity index (χ0) is 15.6. The molecule has 0 spiro atoms. The molecule has 2 heterocycles. The lowest BCUT2D eigenvalue weighted by Crippen LogP contribution is -2.34. The summed E-state index contributed by atoms with van der Waals surface area (Å²) in [5, 5.41) is 1.27. The van der Waals surface area contributed by atoms with Gasteiger partial charge in [0.1, 0.15) is 13.1 Å². The summed E-state index contributed by atoms with van der Waals surface area (Å²) in [4.78, 5) is 15.0. The van der Waals surface area contributed by atoms with E-state index in [1.165, 1.54) is 10.7 Å². The van der Waals surface area contributed by atoms with Gasteiger partial charge in [-0.3, -0.25) is 9.37 Å². The van der Waals surface area contributed by atoms with Crippen molar-refractivity contribution in [3.8, 4) is 0 Å². The largest absolute Gasteiger partial charge is 0.309 e. The Kier molecular flexibility index (Phi) is 3.92. The molecule has 0 radical (unpaired) electrons. The predicted molar refractivity (Wildman–Crippen MR) is 94.1 cm³/mol. The summed E-state index contributed by atoms with van der Waals surface area (Å²) in [6, 6.07) is 20.4. The second-order valence-corrected chi connectivity index (χ2v) is 6.98. The molecule has 0 fully saturated rings.